The molecule has 0 fully saturated rings. The van der Waals surface area contributed by atoms with Gasteiger partial charge in [0.1, 0.15) is 6.10 Å². The Morgan fingerprint density at radius 3 is 1.41 bits per heavy atom. The Balaban J connectivity index is 3.85. The van der Waals surface area contributed by atoms with Crippen molar-refractivity contribution in [3.8, 4) is 0 Å². The van der Waals surface area contributed by atoms with Crippen LogP contribution in [0.3, 0.4) is 0 Å². The minimum atomic E-state index is -0.702. The molecule has 1 N–H and O–H groups in total. The number of ether oxygens (including phenoxy) is 1. The number of carbonyl (C=O) groups is 2. The van der Waals surface area contributed by atoms with Gasteiger partial charge in [-0.05, 0) is 38.5 Å². The van der Waals surface area contributed by atoms with Crippen molar-refractivity contribution in [3.63, 3.8) is 0 Å². The molecule has 0 aromatic carbocycles. The maximum atomic E-state index is 12.1. The standard InChI is InChI=1S/C28H54O4/c1-3-5-7-8-9-10-11-12-13-14-16-19-22-26(32-28(31)25-6-4-2)23-20-17-15-18-21-24-27(29)30/h26H,3-25H2,1-2H3,(H,29,30). The van der Waals surface area contributed by atoms with Crippen molar-refractivity contribution < 1.29 is 19.4 Å². The molecule has 0 aromatic rings. The SMILES string of the molecule is CCCCCCCCCCCCCCC(CCCCCCCC(=O)O)OC(=O)CCCC. The summed E-state index contributed by atoms with van der Waals surface area (Å²) in [6, 6.07) is 0. The normalized spacial score (nSPS) is 12.1. The highest BCUT2D eigenvalue weighted by molar-refractivity contribution is 5.69. The van der Waals surface area contributed by atoms with Crippen molar-refractivity contribution >= 4 is 11.9 Å². The summed E-state index contributed by atoms with van der Waals surface area (Å²) in [6.45, 7) is 4.37. The summed E-state index contributed by atoms with van der Waals surface area (Å²) in [6.07, 6.45) is 25.9. The van der Waals surface area contributed by atoms with E-state index in [2.05, 4.69) is 13.8 Å². The molecule has 190 valence electrons. The molecular weight excluding hydrogens is 400 g/mol. The molecule has 0 saturated heterocycles. The quantitative estimate of drug-likeness (QED) is 0.110. The van der Waals surface area contributed by atoms with E-state index < -0.39 is 5.97 Å². The number of rotatable bonds is 25. The van der Waals surface area contributed by atoms with Gasteiger partial charge in [0.25, 0.3) is 0 Å². The fraction of sp³-hybridized carbons (Fsp3) is 0.929. The second-order valence-electron chi connectivity index (χ2n) is 9.59. The van der Waals surface area contributed by atoms with Crippen molar-refractivity contribution in [1.29, 1.82) is 0 Å². The predicted molar refractivity (Wildman–Crippen MR) is 135 cm³/mol. The Morgan fingerprint density at radius 2 is 0.969 bits per heavy atom. The second-order valence-corrected chi connectivity index (χ2v) is 9.59. The topological polar surface area (TPSA) is 63.6 Å². The Hall–Kier alpha value is -1.06. The van der Waals surface area contributed by atoms with E-state index in [0.29, 0.717) is 6.42 Å². The number of unbranched alkanes of at least 4 members (excludes halogenated alkanes) is 16. The lowest BCUT2D eigenvalue weighted by atomic mass is 10.0. The molecule has 0 bridgehead atoms. The number of hydrogen-bond acceptors (Lipinski definition) is 3. The molecule has 0 heterocycles. The third-order valence-electron chi connectivity index (χ3n) is 6.33. The van der Waals surface area contributed by atoms with Gasteiger partial charge in [-0.15, -0.1) is 0 Å². The highest BCUT2D eigenvalue weighted by Gasteiger charge is 2.14. The van der Waals surface area contributed by atoms with Gasteiger partial charge in [0.2, 0.25) is 0 Å². The Bertz CT molecular complexity index is 422. The van der Waals surface area contributed by atoms with Crippen LogP contribution in [-0.2, 0) is 14.3 Å². The van der Waals surface area contributed by atoms with Crippen molar-refractivity contribution in [2.45, 2.75) is 168 Å². The van der Waals surface area contributed by atoms with E-state index in [0.717, 1.165) is 64.2 Å². The third kappa shape index (κ3) is 23.6. The van der Waals surface area contributed by atoms with Gasteiger partial charge in [-0.3, -0.25) is 9.59 Å². The molecule has 0 saturated carbocycles. The molecule has 0 rings (SSSR count). The van der Waals surface area contributed by atoms with Crippen LogP contribution in [0, 0.1) is 0 Å². The van der Waals surface area contributed by atoms with Crippen LogP contribution in [0.1, 0.15) is 162 Å². The average molecular weight is 455 g/mol. The van der Waals surface area contributed by atoms with Gasteiger partial charge >= 0.3 is 11.9 Å². The predicted octanol–water partition coefficient (Wildman–Crippen LogP) is 8.99. The van der Waals surface area contributed by atoms with Crippen molar-refractivity contribution in [2.24, 2.45) is 0 Å². The zero-order valence-electron chi connectivity index (χ0n) is 21.5. The maximum Gasteiger partial charge on any atom is 0.306 e. The molecule has 0 spiro atoms. The molecule has 0 aliphatic carbocycles. The van der Waals surface area contributed by atoms with Gasteiger partial charge in [0.05, 0.1) is 0 Å². The first kappa shape index (κ1) is 30.9. The maximum absolute atomic E-state index is 12.1. The highest BCUT2D eigenvalue weighted by atomic mass is 16.5. The van der Waals surface area contributed by atoms with Crippen LogP contribution in [0.2, 0.25) is 0 Å². The number of carboxylic acid groups (broad SMARTS) is 1. The van der Waals surface area contributed by atoms with Gasteiger partial charge in [0, 0.05) is 12.8 Å². The first-order valence-electron chi connectivity index (χ1n) is 14.0. The number of aliphatic carboxylic acids is 1. The molecule has 1 atom stereocenters. The number of esters is 1. The number of hydrogen-bond donors (Lipinski definition) is 1. The zero-order valence-corrected chi connectivity index (χ0v) is 21.5. The first-order valence-corrected chi connectivity index (χ1v) is 14.0. The minimum Gasteiger partial charge on any atom is -0.481 e. The van der Waals surface area contributed by atoms with E-state index in [1.165, 1.54) is 70.6 Å². The summed E-state index contributed by atoms with van der Waals surface area (Å²) in [5.41, 5.74) is 0. The average Bonchev–Trinajstić information content (AvgIpc) is 2.77. The van der Waals surface area contributed by atoms with Gasteiger partial charge in [-0.2, -0.15) is 0 Å². The van der Waals surface area contributed by atoms with Gasteiger partial charge in [0.15, 0.2) is 0 Å². The third-order valence-corrected chi connectivity index (χ3v) is 6.33. The van der Waals surface area contributed by atoms with E-state index in [-0.39, 0.29) is 18.5 Å². The fourth-order valence-corrected chi connectivity index (χ4v) is 4.22. The van der Waals surface area contributed by atoms with E-state index in [1.807, 2.05) is 0 Å². The fourth-order valence-electron chi connectivity index (χ4n) is 4.22. The van der Waals surface area contributed by atoms with Crippen LogP contribution in [0.5, 0.6) is 0 Å². The molecule has 32 heavy (non-hydrogen) atoms. The van der Waals surface area contributed by atoms with Crippen LogP contribution in [0.4, 0.5) is 0 Å². The van der Waals surface area contributed by atoms with Crippen molar-refractivity contribution in [3.05, 3.63) is 0 Å². The smallest absolute Gasteiger partial charge is 0.306 e. The zero-order chi connectivity index (χ0) is 23.7. The Labute approximate surface area is 199 Å². The van der Waals surface area contributed by atoms with E-state index in [4.69, 9.17) is 9.84 Å². The monoisotopic (exact) mass is 454 g/mol. The summed E-state index contributed by atoms with van der Waals surface area (Å²) in [5.74, 6) is -0.733. The molecule has 0 aliphatic heterocycles. The van der Waals surface area contributed by atoms with Gasteiger partial charge < -0.3 is 9.84 Å². The van der Waals surface area contributed by atoms with Crippen molar-refractivity contribution in [2.75, 3.05) is 0 Å². The number of carboxylic acids is 1. The van der Waals surface area contributed by atoms with E-state index in [9.17, 15) is 9.59 Å². The summed E-state index contributed by atoms with van der Waals surface area (Å²) in [7, 11) is 0. The summed E-state index contributed by atoms with van der Waals surface area (Å²) < 4.78 is 5.80. The lowest BCUT2D eigenvalue weighted by molar-refractivity contribution is -0.150. The molecule has 1 unspecified atom stereocenters. The lowest BCUT2D eigenvalue weighted by Crippen LogP contribution is -2.18. The van der Waals surface area contributed by atoms with Gasteiger partial charge in [-0.1, -0.05) is 110 Å². The largest absolute Gasteiger partial charge is 0.481 e. The molecule has 0 aliphatic rings. The Kier molecular flexibility index (Phi) is 23.8. The molecule has 0 radical (unpaired) electrons. The first-order chi connectivity index (χ1) is 15.6. The van der Waals surface area contributed by atoms with Crippen LogP contribution >= 0.6 is 0 Å². The van der Waals surface area contributed by atoms with Crippen LogP contribution in [0.15, 0.2) is 0 Å². The number of carbonyl (C=O) groups excluding carboxylic acids is 1. The van der Waals surface area contributed by atoms with E-state index in [1.54, 1.807) is 0 Å². The molecule has 4 heteroatoms. The molecule has 0 aromatic heterocycles. The summed E-state index contributed by atoms with van der Waals surface area (Å²) in [4.78, 5) is 22.7. The second kappa shape index (κ2) is 24.6. The van der Waals surface area contributed by atoms with Gasteiger partial charge in [-0.25, -0.2) is 0 Å². The van der Waals surface area contributed by atoms with Crippen LogP contribution in [0.25, 0.3) is 0 Å². The molecule has 0 amide bonds. The van der Waals surface area contributed by atoms with Crippen LogP contribution < -0.4 is 0 Å². The summed E-state index contributed by atoms with van der Waals surface area (Å²) >= 11 is 0. The molecule has 4 nitrogen and oxygen atoms in total. The minimum absolute atomic E-state index is 0.0303. The molecular formula is C28H54O4. The van der Waals surface area contributed by atoms with E-state index >= 15 is 0 Å². The highest BCUT2D eigenvalue weighted by Crippen LogP contribution is 2.18. The summed E-state index contributed by atoms with van der Waals surface area (Å²) in [5, 5.41) is 8.70. The van der Waals surface area contributed by atoms with Crippen LogP contribution in [-0.4, -0.2) is 23.1 Å². The van der Waals surface area contributed by atoms with Crippen molar-refractivity contribution in [1.82, 2.24) is 0 Å². The Morgan fingerprint density at radius 1 is 0.562 bits per heavy atom. The lowest BCUT2D eigenvalue weighted by Gasteiger charge is -2.18.